The highest BCUT2D eigenvalue weighted by atomic mass is 127. The molecule has 0 saturated carbocycles. The van der Waals surface area contributed by atoms with Crippen molar-refractivity contribution in [2.45, 2.75) is 38.0 Å². The van der Waals surface area contributed by atoms with E-state index in [-0.39, 0.29) is 0 Å². The summed E-state index contributed by atoms with van der Waals surface area (Å²) in [5.41, 5.74) is 2.26. The van der Waals surface area contributed by atoms with E-state index in [1.807, 2.05) is 18.2 Å². The van der Waals surface area contributed by atoms with Crippen LogP contribution in [-0.2, 0) is 11.3 Å². The van der Waals surface area contributed by atoms with Crippen molar-refractivity contribution in [2.75, 3.05) is 5.32 Å². The number of fused-ring (bicyclic) bond motifs is 1. The third kappa shape index (κ3) is 3.15. The van der Waals surface area contributed by atoms with Gasteiger partial charge < -0.3 is 20.3 Å². The zero-order valence-electron chi connectivity index (χ0n) is 14.0. The van der Waals surface area contributed by atoms with Gasteiger partial charge in [0, 0.05) is 10.1 Å². The Morgan fingerprint density at radius 3 is 2.81 bits per heavy atom. The SMILES string of the molecule is C[C@H]1O[C@@H](n2cnc3c(NCc4cccc(I)c4)ncnc32)[C@H](O)[C@@H]1O. The van der Waals surface area contributed by atoms with E-state index in [1.54, 1.807) is 17.8 Å². The molecule has 4 atom stereocenters. The number of aliphatic hydroxyl groups excluding tert-OH is 2. The Morgan fingerprint density at radius 2 is 2.08 bits per heavy atom. The molecule has 0 radical (unpaired) electrons. The van der Waals surface area contributed by atoms with Gasteiger partial charge in [-0.1, -0.05) is 12.1 Å². The Kier molecular flexibility index (Phi) is 4.78. The molecule has 1 aliphatic rings. The molecule has 136 valence electrons. The molecule has 4 rings (SSSR count). The number of aliphatic hydroxyl groups is 2. The maximum Gasteiger partial charge on any atom is 0.167 e. The highest BCUT2D eigenvalue weighted by Crippen LogP contribution is 2.32. The third-order valence-corrected chi connectivity index (χ3v) is 5.13. The number of halogens is 1. The molecule has 0 unspecified atom stereocenters. The smallest absolute Gasteiger partial charge is 0.167 e. The van der Waals surface area contributed by atoms with Gasteiger partial charge in [0.15, 0.2) is 23.2 Å². The fourth-order valence-electron chi connectivity index (χ4n) is 3.06. The molecule has 3 N–H and O–H groups in total. The number of nitrogens with one attached hydrogen (secondary N) is 1. The lowest BCUT2D eigenvalue weighted by Crippen LogP contribution is -2.30. The Balaban J connectivity index is 1.61. The molecule has 1 saturated heterocycles. The van der Waals surface area contributed by atoms with Crippen molar-refractivity contribution < 1.29 is 14.9 Å². The third-order valence-electron chi connectivity index (χ3n) is 4.46. The monoisotopic (exact) mass is 467 g/mol. The second-order valence-electron chi connectivity index (χ2n) is 6.24. The average molecular weight is 467 g/mol. The van der Waals surface area contributed by atoms with Crippen LogP contribution >= 0.6 is 22.6 Å². The molecule has 3 aromatic rings. The summed E-state index contributed by atoms with van der Waals surface area (Å²) in [6.45, 7) is 2.32. The Hall–Kier alpha value is -1.82. The number of hydrogen-bond donors (Lipinski definition) is 3. The molecule has 1 aromatic carbocycles. The molecule has 1 fully saturated rings. The topological polar surface area (TPSA) is 105 Å². The highest BCUT2D eigenvalue weighted by Gasteiger charge is 2.42. The van der Waals surface area contributed by atoms with Crippen LogP contribution in [0.15, 0.2) is 36.9 Å². The largest absolute Gasteiger partial charge is 0.388 e. The van der Waals surface area contributed by atoms with Crippen molar-refractivity contribution in [3.8, 4) is 0 Å². The van der Waals surface area contributed by atoms with Crippen LogP contribution in [0.2, 0.25) is 0 Å². The molecule has 8 nitrogen and oxygen atoms in total. The minimum atomic E-state index is -1.04. The fourth-order valence-corrected chi connectivity index (χ4v) is 3.67. The number of hydrogen-bond acceptors (Lipinski definition) is 7. The summed E-state index contributed by atoms with van der Waals surface area (Å²) >= 11 is 2.28. The molecule has 2 aromatic heterocycles. The molecular weight excluding hydrogens is 449 g/mol. The van der Waals surface area contributed by atoms with E-state index in [2.05, 4.69) is 48.9 Å². The fraction of sp³-hybridized carbons (Fsp3) is 0.353. The van der Waals surface area contributed by atoms with E-state index in [9.17, 15) is 10.2 Å². The maximum absolute atomic E-state index is 10.2. The van der Waals surface area contributed by atoms with Crippen LogP contribution in [-0.4, -0.2) is 48.0 Å². The van der Waals surface area contributed by atoms with Gasteiger partial charge in [-0.05, 0) is 47.2 Å². The second kappa shape index (κ2) is 7.06. The molecule has 3 heterocycles. The van der Waals surface area contributed by atoms with Crippen LogP contribution in [0.3, 0.4) is 0 Å². The van der Waals surface area contributed by atoms with Gasteiger partial charge in [0.2, 0.25) is 0 Å². The van der Waals surface area contributed by atoms with Crippen molar-refractivity contribution in [1.29, 1.82) is 0 Å². The van der Waals surface area contributed by atoms with Crippen LogP contribution in [0.1, 0.15) is 18.7 Å². The van der Waals surface area contributed by atoms with Crippen molar-refractivity contribution >= 4 is 39.6 Å². The van der Waals surface area contributed by atoms with E-state index < -0.39 is 24.5 Å². The highest BCUT2D eigenvalue weighted by molar-refractivity contribution is 14.1. The predicted molar refractivity (Wildman–Crippen MR) is 103 cm³/mol. The van der Waals surface area contributed by atoms with E-state index in [1.165, 1.54) is 9.90 Å². The zero-order valence-corrected chi connectivity index (χ0v) is 16.1. The summed E-state index contributed by atoms with van der Waals surface area (Å²) in [6.07, 6.45) is -0.193. The lowest BCUT2D eigenvalue weighted by atomic mass is 10.1. The van der Waals surface area contributed by atoms with E-state index in [0.717, 1.165) is 5.56 Å². The summed E-state index contributed by atoms with van der Waals surface area (Å²) in [4.78, 5) is 12.9. The first-order valence-electron chi connectivity index (χ1n) is 8.22. The molecule has 0 spiro atoms. The van der Waals surface area contributed by atoms with E-state index in [4.69, 9.17) is 4.74 Å². The lowest BCUT2D eigenvalue weighted by Gasteiger charge is -2.16. The summed E-state index contributed by atoms with van der Waals surface area (Å²) < 4.78 is 8.46. The Labute approximate surface area is 163 Å². The van der Waals surface area contributed by atoms with Crippen LogP contribution in [0, 0.1) is 3.57 Å². The van der Waals surface area contributed by atoms with Crippen LogP contribution < -0.4 is 5.32 Å². The number of rotatable bonds is 4. The molecule has 26 heavy (non-hydrogen) atoms. The maximum atomic E-state index is 10.2. The van der Waals surface area contributed by atoms with Gasteiger partial charge in [-0.15, -0.1) is 0 Å². The summed E-state index contributed by atoms with van der Waals surface area (Å²) in [6, 6.07) is 8.18. The molecule has 9 heteroatoms. The quantitative estimate of drug-likeness (QED) is 0.502. The minimum Gasteiger partial charge on any atom is -0.388 e. The number of nitrogens with zero attached hydrogens (tertiary/aromatic N) is 4. The van der Waals surface area contributed by atoms with Gasteiger partial charge in [0.1, 0.15) is 18.5 Å². The first-order chi connectivity index (χ1) is 12.5. The molecule has 1 aliphatic heterocycles. The normalized spacial score (nSPS) is 25.7. The van der Waals surface area contributed by atoms with E-state index in [0.29, 0.717) is 23.5 Å². The van der Waals surface area contributed by atoms with Crippen molar-refractivity contribution in [3.63, 3.8) is 0 Å². The number of aromatic nitrogens is 4. The van der Waals surface area contributed by atoms with Gasteiger partial charge in [-0.3, -0.25) is 4.57 Å². The molecular formula is C17H18IN5O3. The standard InChI is InChI=1S/C17H18IN5O3/c1-9-13(24)14(25)17(26-9)23-8-22-12-15(20-7-21-16(12)23)19-6-10-3-2-4-11(18)5-10/h2-5,7-9,13-14,17,24-25H,6H2,1H3,(H,19,20,21)/t9-,13-,14-,17-/m1/s1. The molecule has 0 bridgehead atoms. The van der Waals surface area contributed by atoms with Gasteiger partial charge in [0.05, 0.1) is 12.4 Å². The Morgan fingerprint density at radius 1 is 1.23 bits per heavy atom. The average Bonchev–Trinajstić information content (AvgIpc) is 3.17. The van der Waals surface area contributed by atoms with Crippen molar-refractivity contribution in [3.05, 3.63) is 46.1 Å². The predicted octanol–water partition coefficient (Wildman–Crippen LogP) is 1.68. The number of benzene rings is 1. The summed E-state index contributed by atoms with van der Waals surface area (Å²) in [5.74, 6) is 0.605. The first kappa shape index (κ1) is 17.6. The first-order valence-corrected chi connectivity index (χ1v) is 9.30. The second-order valence-corrected chi connectivity index (χ2v) is 7.49. The number of anilines is 1. The number of imidazole rings is 1. The summed E-state index contributed by atoms with van der Waals surface area (Å²) in [7, 11) is 0. The van der Waals surface area contributed by atoms with E-state index >= 15 is 0 Å². The van der Waals surface area contributed by atoms with Gasteiger partial charge in [-0.25, -0.2) is 15.0 Å². The van der Waals surface area contributed by atoms with Crippen molar-refractivity contribution in [1.82, 2.24) is 19.5 Å². The zero-order chi connectivity index (χ0) is 18.3. The number of ether oxygens (including phenoxy) is 1. The van der Waals surface area contributed by atoms with Crippen LogP contribution in [0.25, 0.3) is 11.2 Å². The van der Waals surface area contributed by atoms with Gasteiger partial charge in [0.25, 0.3) is 0 Å². The van der Waals surface area contributed by atoms with Crippen LogP contribution in [0.5, 0.6) is 0 Å². The Bertz CT molecular complexity index is 934. The molecule has 0 aliphatic carbocycles. The van der Waals surface area contributed by atoms with Gasteiger partial charge in [-0.2, -0.15) is 0 Å². The minimum absolute atomic E-state index is 0.465. The van der Waals surface area contributed by atoms with Crippen molar-refractivity contribution in [2.24, 2.45) is 0 Å². The molecule has 0 amide bonds. The van der Waals surface area contributed by atoms with Crippen LogP contribution in [0.4, 0.5) is 5.82 Å². The van der Waals surface area contributed by atoms with Gasteiger partial charge >= 0.3 is 0 Å². The summed E-state index contributed by atoms with van der Waals surface area (Å²) in [5, 5.41) is 23.4. The lowest BCUT2D eigenvalue weighted by molar-refractivity contribution is -0.0299.